The number of rotatable bonds is 6. The Hall–Kier alpha value is -0.130. The van der Waals surface area contributed by atoms with Gasteiger partial charge in [-0.15, -0.1) is 0 Å². The molecule has 0 amide bonds. The van der Waals surface area contributed by atoms with Crippen molar-refractivity contribution in [2.24, 2.45) is 11.8 Å². The molecule has 1 fully saturated rings. The summed E-state index contributed by atoms with van der Waals surface area (Å²) in [6.07, 6.45) is 2.44. The Bertz CT molecular complexity index is 272. The Labute approximate surface area is 85.8 Å². The van der Waals surface area contributed by atoms with Crippen molar-refractivity contribution >= 4 is 10.0 Å². The van der Waals surface area contributed by atoms with E-state index in [0.717, 1.165) is 0 Å². The van der Waals surface area contributed by atoms with Crippen LogP contribution in [0, 0.1) is 11.8 Å². The second-order valence-corrected chi connectivity index (χ2v) is 6.38. The van der Waals surface area contributed by atoms with E-state index in [4.69, 9.17) is 5.11 Å². The first-order valence-corrected chi connectivity index (χ1v) is 6.61. The van der Waals surface area contributed by atoms with Crippen LogP contribution >= 0.6 is 0 Å². The SMILES string of the molecule is CC(CNS(=O)(=O)C(C)CO)C1CC1. The molecule has 1 saturated carbocycles. The second-order valence-electron chi connectivity index (χ2n) is 4.20. The highest BCUT2D eigenvalue weighted by atomic mass is 32.2. The third-order valence-electron chi connectivity index (χ3n) is 2.82. The van der Waals surface area contributed by atoms with Crippen LogP contribution in [0.25, 0.3) is 0 Å². The zero-order valence-electron chi connectivity index (χ0n) is 8.73. The maximum Gasteiger partial charge on any atom is 0.216 e. The van der Waals surface area contributed by atoms with E-state index in [2.05, 4.69) is 11.6 Å². The lowest BCUT2D eigenvalue weighted by atomic mass is 10.1. The molecule has 0 spiro atoms. The third kappa shape index (κ3) is 3.22. The van der Waals surface area contributed by atoms with Gasteiger partial charge in [-0.2, -0.15) is 0 Å². The highest BCUT2D eigenvalue weighted by molar-refractivity contribution is 7.90. The van der Waals surface area contributed by atoms with E-state index in [0.29, 0.717) is 18.4 Å². The fraction of sp³-hybridized carbons (Fsp3) is 1.00. The van der Waals surface area contributed by atoms with Crippen LogP contribution < -0.4 is 4.72 Å². The molecule has 1 rings (SSSR count). The van der Waals surface area contributed by atoms with Crippen molar-refractivity contribution in [2.45, 2.75) is 31.9 Å². The second kappa shape index (κ2) is 4.59. The van der Waals surface area contributed by atoms with E-state index < -0.39 is 15.3 Å². The molecule has 0 saturated heterocycles. The summed E-state index contributed by atoms with van der Waals surface area (Å²) in [4.78, 5) is 0. The lowest BCUT2D eigenvalue weighted by Crippen LogP contribution is -2.37. The minimum atomic E-state index is -3.31. The molecule has 0 heterocycles. The van der Waals surface area contributed by atoms with Crippen molar-refractivity contribution in [3.63, 3.8) is 0 Å². The molecular weight excluding hydrogens is 202 g/mol. The molecule has 4 nitrogen and oxygen atoms in total. The maximum atomic E-state index is 11.4. The molecule has 0 aliphatic heterocycles. The fourth-order valence-corrected chi connectivity index (χ4v) is 2.30. The van der Waals surface area contributed by atoms with E-state index in [9.17, 15) is 8.42 Å². The molecule has 5 heteroatoms. The number of sulfonamides is 1. The molecule has 2 atom stereocenters. The highest BCUT2D eigenvalue weighted by Gasteiger charge is 2.29. The number of aliphatic hydroxyl groups excluding tert-OH is 1. The lowest BCUT2D eigenvalue weighted by Gasteiger charge is -2.14. The molecule has 2 unspecified atom stereocenters. The molecule has 0 aromatic heterocycles. The summed E-state index contributed by atoms with van der Waals surface area (Å²) in [5, 5.41) is 8.02. The van der Waals surface area contributed by atoms with Crippen molar-refractivity contribution < 1.29 is 13.5 Å². The summed E-state index contributed by atoms with van der Waals surface area (Å²) < 4.78 is 25.4. The van der Waals surface area contributed by atoms with Crippen LogP contribution in [0.15, 0.2) is 0 Å². The monoisotopic (exact) mass is 221 g/mol. The molecule has 1 aliphatic carbocycles. The lowest BCUT2D eigenvalue weighted by molar-refractivity contribution is 0.294. The molecule has 0 radical (unpaired) electrons. The summed E-state index contributed by atoms with van der Waals surface area (Å²) in [6.45, 7) is 3.73. The Morgan fingerprint density at radius 1 is 1.43 bits per heavy atom. The van der Waals surface area contributed by atoms with Gasteiger partial charge in [-0.1, -0.05) is 6.92 Å². The van der Waals surface area contributed by atoms with Gasteiger partial charge in [-0.05, 0) is 31.6 Å². The third-order valence-corrected chi connectivity index (χ3v) is 4.60. The maximum absolute atomic E-state index is 11.4. The van der Waals surface area contributed by atoms with E-state index in [1.807, 2.05) is 0 Å². The van der Waals surface area contributed by atoms with Gasteiger partial charge in [0.15, 0.2) is 0 Å². The molecular formula is C9H19NO3S. The van der Waals surface area contributed by atoms with Crippen LogP contribution in [0.2, 0.25) is 0 Å². The fourth-order valence-electron chi connectivity index (χ4n) is 1.32. The number of aliphatic hydroxyl groups is 1. The minimum Gasteiger partial charge on any atom is -0.395 e. The van der Waals surface area contributed by atoms with E-state index >= 15 is 0 Å². The molecule has 84 valence electrons. The van der Waals surface area contributed by atoms with Crippen molar-refractivity contribution in [1.29, 1.82) is 0 Å². The van der Waals surface area contributed by atoms with Crippen molar-refractivity contribution in [1.82, 2.24) is 4.72 Å². The Morgan fingerprint density at radius 2 is 2.00 bits per heavy atom. The molecule has 0 aromatic carbocycles. The standard InChI is InChI=1S/C9H19NO3S/c1-7(9-3-4-9)5-10-14(12,13)8(2)6-11/h7-11H,3-6H2,1-2H3. The first-order valence-electron chi connectivity index (χ1n) is 5.06. The molecule has 1 aliphatic rings. The van der Waals surface area contributed by atoms with Gasteiger partial charge in [0.1, 0.15) is 0 Å². The predicted molar refractivity (Wildman–Crippen MR) is 55.4 cm³/mol. The largest absolute Gasteiger partial charge is 0.395 e. The summed E-state index contributed by atoms with van der Waals surface area (Å²) >= 11 is 0. The van der Waals surface area contributed by atoms with Gasteiger partial charge in [-0.3, -0.25) is 0 Å². The summed E-state index contributed by atoms with van der Waals surface area (Å²) in [7, 11) is -3.31. The molecule has 14 heavy (non-hydrogen) atoms. The topological polar surface area (TPSA) is 66.4 Å². The Balaban J connectivity index is 2.35. The molecule has 0 bridgehead atoms. The quantitative estimate of drug-likeness (QED) is 0.679. The zero-order valence-corrected chi connectivity index (χ0v) is 9.55. The van der Waals surface area contributed by atoms with E-state index in [-0.39, 0.29) is 6.61 Å². The number of nitrogens with one attached hydrogen (secondary N) is 1. The first-order chi connectivity index (χ1) is 6.47. The number of hydrogen-bond acceptors (Lipinski definition) is 3. The van der Waals surface area contributed by atoms with Gasteiger partial charge in [0.2, 0.25) is 10.0 Å². The Kier molecular flexibility index (Phi) is 3.92. The van der Waals surface area contributed by atoms with E-state index in [1.165, 1.54) is 19.8 Å². The smallest absolute Gasteiger partial charge is 0.216 e. The van der Waals surface area contributed by atoms with Crippen LogP contribution in [0.1, 0.15) is 26.7 Å². The average Bonchev–Trinajstić information content (AvgIpc) is 2.96. The van der Waals surface area contributed by atoms with Crippen LogP contribution in [-0.4, -0.2) is 31.9 Å². The van der Waals surface area contributed by atoms with Gasteiger partial charge in [-0.25, -0.2) is 13.1 Å². The predicted octanol–water partition coefficient (Wildman–Crippen LogP) is 0.333. The molecule has 2 N–H and O–H groups in total. The van der Waals surface area contributed by atoms with Crippen LogP contribution in [0.3, 0.4) is 0 Å². The van der Waals surface area contributed by atoms with Crippen molar-refractivity contribution in [2.75, 3.05) is 13.2 Å². The van der Waals surface area contributed by atoms with Gasteiger partial charge >= 0.3 is 0 Å². The van der Waals surface area contributed by atoms with Gasteiger partial charge in [0.25, 0.3) is 0 Å². The van der Waals surface area contributed by atoms with Crippen LogP contribution in [-0.2, 0) is 10.0 Å². The zero-order chi connectivity index (χ0) is 10.8. The normalized spacial score (nSPS) is 21.9. The van der Waals surface area contributed by atoms with Crippen molar-refractivity contribution in [3.05, 3.63) is 0 Å². The molecule has 0 aromatic rings. The van der Waals surface area contributed by atoms with Crippen LogP contribution in [0.5, 0.6) is 0 Å². The Morgan fingerprint density at radius 3 is 2.43 bits per heavy atom. The van der Waals surface area contributed by atoms with Gasteiger partial charge in [0, 0.05) is 6.54 Å². The van der Waals surface area contributed by atoms with Gasteiger partial charge < -0.3 is 5.11 Å². The first kappa shape index (κ1) is 11.9. The van der Waals surface area contributed by atoms with Gasteiger partial charge in [0.05, 0.1) is 11.9 Å². The number of hydrogen-bond donors (Lipinski definition) is 2. The van der Waals surface area contributed by atoms with Crippen LogP contribution in [0.4, 0.5) is 0 Å². The average molecular weight is 221 g/mol. The summed E-state index contributed by atoms with van der Waals surface area (Å²) in [5.41, 5.74) is 0. The summed E-state index contributed by atoms with van der Waals surface area (Å²) in [5.74, 6) is 1.11. The summed E-state index contributed by atoms with van der Waals surface area (Å²) in [6, 6.07) is 0. The highest BCUT2D eigenvalue weighted by Crippen LogP contribution is 2.36. The van der Waals surface area contributed by atoms with E-state index in [1.54, 1.807) is 0 Å². The minimum absolute atomic E-state index is 0.326. The van der Waals surface area contributed by atoms with Crippen molar-refractivity contribution in [3.8, 4) is 0 Å².